The van der Waals surface area contributed by atoms with Gasteiger partial charge in [-0.1, -0.05) is 67.4 Å². The molecule has 1 aliphatic heterocycles. The van der Waals surface area contributed by atoms with Crippen LogP contribution in [0, 0.1) is 16.7 Å². The van der Waals surface area contributed by atoms with E-state index in [0.29, 0.717) is 68.9 Å². The molecule has 0 spiro atoms. The molecule has 1 aliphatic rings. The van der Waals surface area contributed by atoms with Crippen molar-refractivity contribution in [2.45, 2.75) is 31.7 Å². The van der Waals surface area contributed by atoms with E-state index < -0.39 is 11.0 Å². The number of rotatable bonds is 8. The van der Waals surface area contributed by atoms with Crippen LogP contribution in [0.15, 0.2) is 48.8 Å². The molecule has 2 aromatic heterocycles. The van der Waals surface area contributed by atoms with Gasteiger partial charge in [0.1, 0.15) is 25.1 Å². The Morgan fingerprint density at radius 1 is 1.20 bits per heavy atom. The minimum absolute atomic E-state index is 0.0400. The van der Waals surface area contributed by atoms with Crippen LogP contribution >= 0.6 is 23.2 Å². The standard InChI is InChI=1S/C28H28BCl2N7O2/c1-26(2,3)13-34-24-17(10-32)11-33-25-19(24)8-18(9-22(25)31)35-28(29,20-6-4-5-7-21(20)30)23-12-38(37-36-23)27(14-39)15-40-16-27/h4-9,11-12,35,39H,13-16H2,1-3H3,(H,33,34). The molecule has 3 N–H and O–H groups in total. The van der Waals surface area contributed by atoms with E-state index in [1.54, 1.807) is 29.1 Å². The van der Waals surface area contributed by atoms with E-state index in [0.717, 1.165) is 0 Å². The quantitative estimate of drug-likeness (QED) is 0.259. The van der Waals surface area contributed by atoms with Crippen molar-refractivity contribution < 1.29 is 9.84 Å². The van der Waals surface area contributed by atoms with E-state index in [9.17, 15) is 10.4 Å². The van der Waals surface area contributed by atoms with Gasteiger partial charge in [-0.15, -0.1) is 5.10 Å². The van der Waals surface area contributed by atoms with E-state index in [2.05, 4.69) is 52.8 Å². The average molecular weight is 576 g/mol. The number of aliphatic hydroxyl groups excluding tert-OH is 1. The number of ether oxygens (including phenoxy) is 1. The van der Waals surface area contributed by atoms with Gasteiger partial charge < -0.3 is 20.5 Å². The lowest BCUT2D eigenvalue weighted by Gasteiger charge is -2.39. The minimum atomic E-state index is -1.45. The Kier molecular flexibility index (Phi) is 7.44. The number of aliphatic hydroxyl groups is 1. The van der Waals surface area contributed by atoms with Crippen LogP contribution in [0.5, 0.6) is 0 Å². The van der Waals surface area contributed by atoms with Gasteiger partial charge >= 0.3 is 0 Å². The van der Waals surface area contributed by atoms with Gasteiger partial charge in [0.05, 0.1) is 53.2 Å². The van der Waals surface area contributed by atoms with Crippen LogP contribution in [0.4, 0.5) is 11.4 Å². The van der Waals surface area contributed by atoms with E-state index >= 15 is 0 Å². The first-order valence-electron chi connectivity index (χ1n) is 12.7. The molecule has 2 aromatic carbocycles. The normalized spacial score (nSPS) is 16.1. The Balaban J connectivity index is 1.64. The van der Waals surface area contributed by atoms with Crippen LogP contribution in [0.3, 0.4) is 0 Å². The van der Waals surface area contributed by atoms with E-state index in [-0.39, 0.29) is 12.0 Å². The van der Waals surface area contributed by atoms with Crippen molar-refractivity contribution in [3.8, 4) is 6.07 Å². The van der Waals surface area contributed by atoms with Crippen molar-refractivity contribution in [3.05, 3.63) is 75.7 Å². The second-order valence-corrected chi connectivity index (χ2v) is 12.1. The second kappa shape index (κ2) is 10.6. The molecule has 4 aromatic rings. The number of nitrogens with zero attached hydrogens (tertiary/aromatic N) is 5. The summed E-state index contributed by atoms with van der Waals surface area (Å²) < 4.78 is 6.92. The van der Waals surface area contributed by atoms with Crippen LogP contribution in [-0.4, -0.2) is 59.3 Å². The zero-order valence-electron chi connectivity index (χ0n) is 22.4. The predicted octanol–water partition coefficient (Wildman–Crippen LogP) is 4.66. The molecule has 40 heavy (non-hydrogen) atoms. The van der Waals surface area contributed by atoms with Crippen molar-refractivity contribution in [3.63, 3.8) is 0 Å². The molecule has 0 aliphatic carbocycles. The van der Waals surface area contributed by atoms with E-state index in [4.69, 9.17) is 35.8 Å². The van der Waals surface area contributed by atoms with Gasteiger partial charge in [0.2, 0.25) is 0 Å². The van der Waals surface area contributed by atoms with E-state index in [1.165, 1.54) is 6.20 Å². The molecule has 1 unspecified atom stereocenters. The first-order chi connectivity index (χ1) is 19.0. The lowest BCUT2D eigenvalue weighted by molar-refractivity contribution is -0.130. The molecule has 12 heteroatoms. The van der Waals surface area contributed by atoms with Crippen LogP contribution in [-0.2, 0) is 15.7 Å². The Hall–Kier alpha value is -3.36. The highest BCUT2D eigenvalue weighted by atomic mass is 35.5. The maximum atomic E-state index is 10.0. The number of anilines is 2. The Labute approximate surface area is 243 Å². The summed E-state index contributed by atoms with van der Waals surface area (Å²) in [5, 5.41) is 36.7. The summed E-state index contributed by atoms with van der Waals surface area (Å²) in [5.74, 6) is 0. The Morgan fingerprint density at radius 3 is 2.58 bits per heavy atom. The molecule has 3 heterocycles. The van der Waals surface area contributed by atoms with Crippen molar-refractivity contribution in [2.24, 2.45) is 5.41 Å². The molecule has 1 saturated heterocycles. The van der Waals surface area contributed by atoms with Crippen LogP contribution < -0.4 is 10.6 Å². The molecule has 1 atom stereocenters. The molecular formula is C28H28BCl2N7O2. The molecular weight excluding hydrogens is 548 g/mol. The van der Waals surface area contributed by atoms with Gasteiger partial charge in [-0.25, -0.2) is 4.68 Å². The van der Waals surface area contributed by atoms with Gasteiger partial charge in [0.25, 0.3) is 0 Å². The predicted molar refractivity (Wildman–Crippen MR) is 157 cm³/mol. The summed E-state index contributed by atoms with van der Waals surface area (Å²) in [5.41, 5.74) is 0.855. The minimum Gasteiger partial charge on any atom is -0.394 e. The highest BCUT2D eigenvalue weighted by molar-refractivity contribution is 6.36. The molecule has 0 amide bonds. The molecule has 204 valence electrons. The number of nitrogens with one attached hydrogen (secondary N) is 2. The largest absolute Gasteiger partial charge is 0.394 e. The number of aromatic nitrogens is 4. The molecule has 0 bridgehead atoms. The summed E-state index contributed by atoms with van der Waals surface area (Å²) in [6, 6.07) is 13.0. The third-order valence-electron chi connectivity index (χ3n) is 6.90. The number of nitriles is 1. The highest BCUT2D eigenvalue weighted by Gasteiger charge is 2.43. The van der Waals surface area contributed by atoms with Gasteiger partial charge in [0, 0.05) is 28.8 Å². The van der Waals surface area contributed by atoms with E-state index in [1.807, 2.05) is 18.2 Å². The topological polar surface area (TPSA) is 121 Å². The van der Waals surface area contributed by atoms with Crippen LogP contribution in [0.1, 0.15) is 37.6 Å². The average Bonchev–Trinajstić information content (AvgIpc) is 3.38. The molecule has 5 rings (SSSR count). The maximum absolute atomic E-state index is 10.0. The summed E-state index contributed by atoms with van der Waals surface area (Å²) in [6.07, 6.45) is 3.20. The summed E-state index contributed by atoms with van der Waals surface area (Å²) in [7, 11) is 7.10. The zero-order valence-corrected chi connectivity index (χ0v) is 23.9. The fourth-order valence-electron chi connectivity index (χ4n) is 4.55. The second-order valence-electron chi connectivity index (χ2n) is 11.3. The summed E-state index contributed by atoms with van der Waals surface area (Å²) in [4.78, 5) is 4.44. The third kappa shape index (κ3) is 5.11. The lowest BCUT2D eigenvalue weighted by atomic mass is 9.69. The SMILES string of the molecule is [B]C(Nc1cc(Cl)c2ncc(C#N)c(NCC(C)(C)C)c2c1)(c1cn(C2(CO)COC2)nn1)c1ccccc1Cl. The molecule has 2 radical (unpaired) electrons. The zero-order chi connectivity index (χ0) is 28.7. The first-order valence-corrected chi connectivity index (χ1v) is 13.5. The van der Waals surface area contributed by atoms with Crippen LogP contribution in [0.25, 0.3) is 10.9 Å². The summed E-state index contributed by atoms with van der Waals surface area (Å²) in [6.45, 7) is 7.38. The number of benzene rings is 2. The summed E-state index contributed by atoms with van der Waals surface area (Å²) >= 11 is 13.4. The fourth-order valence-corrected chi connectivity index (χ4v) is 5.10. The lowest BCUT2D eigenvalue weighted by Crippen LogP contribution is -2.54. The highest BCUT2D eigenvalue weighted by Crippen LogP contribution is 2.39. The molecule has 0 saturated carbocycles. The van der Waals surface area contributed by atoms with Gasteiger partial charge in [0.15, 0.2) is 0 Å². The first kappa shape index (κ1) is 28.2. The number of halogens is 2. The Morgan fingerprint density at radius 2 is 1.95 bits per heavy atom. The van der Waals surface area contributed by atoms with Crippen molar-refractivity contribution in [2.75, 3.05) is 37.0 Å². The van der Waals surface area contributed by atoms with Crippen molar-refractivity contribution >= 4 is 53.3 Å². The third-order valence-corrected chi connectivity index (χ3v) is 7.52. The van der Waals surface area contributed by atoms with Crippen molar-refractivity contribution in [1.82, 2.24) is 20.0 Å². The molecule has 9 nitrogen and oxygen atoms in total. The Bertz CT molecular complexity index is 1610. The number of pyridine rings is 1. The number of fused-ring (bicyclic) bond motifs is 1. The number of hydrogen-bond donors (Lipinski definition) is 3. The van der Waals surface area contributed by atoms with Crippen molar-refractivity contribution in [1.29, 1.82) is 5.26 Å². The fraction of sp³-hybridized carbons (Fsp3) is 0.357. The number of hydrogen-bond acceptors (Lipinski definition) is 8. The van der Waals surface area contributed by atoms with Gasteiger partial charge in [-0.3, -0.25) is 4.98 Å². The monoisotopic (exact) mass is 575 g/mol. The maximum Gasteiger partial charge on any atom is 0.134 e. The van der Waals surface area contributed by atoms with Gasteiger partial charge in [-0.05, 0) is 29.2 Å². The van der Waals surface area contributed by atoms with Gasteiger partial charge in [-0.2, -0.15) is 5.26 Å². The van der Waals surface area contributed by atoms with Crippen LogP contribution in [0.2, 0.25) is 10.0 Å². The smallest absolute Gasteiger partial charge is 0.134 e. The molecule has 1 fully saturated rings.